The number of rotatable bonds is 5. The fourth-order valence-corrected chi connectivity index (χ4v) is 3.10. The lowest BCUT2D eigenvalue weighted by atomic mass is 10.1. The molecule has 0 aliphatic carbocycles. The maximum absolute atomic E-state index is 11.2. The van der Waals surface area contributed by atoms with Gasteiger partial charge in [-0.2, -0.15) is 0 Å². The SMILES string of the molecule is O=C(O)c1ccc(C2=NOC(c3cccc([N+](=O)[O-])c3)N2c2ccccc2)cc1. The van der Waals surface area contributed by atoms with E-state index in [2.05, 4.69) is 5.16 Å². The van der Waals surface area contributed by atoms with Gasteiger partial charge in [-0.05, 0) is 24.3 Å². The number of carboxylic acids is 1. The smallest absolute Gasteiger partial charge is 0.335 e. The molecule has 144 valence electrons. The lowest BCUT2D eigenvalue weighted by Gasteiger charge is -2.25. The summed E-state index contributed by atoms with van der Waals surface area (Å²) >= 11 is 0. The fourth-order valence-electron chi connectivity index (χ4n) is 3.10. The van der Waals surface area contributed by atoms with E-state index in [4.69, 9.17) is 9.94 Å². The summed E-state index contributed by atoms with van der Waals surface area (Å²) in [5.74, 6) is -0.541. The molecule has 8 nitrogen and oxygen atoms in total. The van der Waals surface area contributed by atoms with Gasteiger partial charge >= 0.3 is 5.97 Å². The molecule has 0 saturated carbocycles. The fraction of sp³-hybridized carbons (Fsp3) is 0.0476. The van der Waals surface area contributed by atoms with E-state index >= 15 is 0 Å². The zero-order chi connectivity index (χ0) is 20.4. The Bertz CT molecular complexity index is 1100. The first kappa shape index (κ1) is 18.2. The summed E-state index contributed by atoms with van der Waals surface area (Å²) in [6.07, 6.45) is -0.702. The summed E-state index contributed by atoms with van der Waals surface area (Å²) in [6.45, 7) is 0. The first-order valence-corrected chi connectivity index (χ1v) is 8.71. The van der Waals surface area contributed by atoms with Crippen molar-refractivity contribution in [1.82, 2.24) is 0 Å². The first-order chi connectivity index (χ1) is 14.0. The molecular weight excluding hydrogens is 374 g/mol. The molecule has 4 rings (SSSR count). The monoisotopic (exact) mass is 389 g/mol. The number of nitrogens with zero attached hydrogens (tertiary/aromatic N) is 3. The summed E-state index contributed by atoms with van der Waals surface area (Å²) in [5.41, 5.74) is 2.13. The highest BCUT2D eigenvalue weighted by Crippen LogP contribution is 2.36. The number of hydrogen-bond donors (Lipinski definition) is 1. The third-order valence-electron chi connectivity index (χ3n) is 4.49. The van der Waals surface area contributed by atoms with Crippen LogP contribution in [0.2, 0.25) is 0 Å². The van der Waals surface area contributed by atoms with E-state index in [1.54, 1.807) is 24.3 Å². The van der Waals surface area contributed by atoms with Crippen molar-refractivity contribution in [2.45, 2.75) is 6.23 Å². The maximum Gasteiger partial charge on any atom is 0.335 e. The third-order valence-corrected chi connectivity index (χ3v) is 4.49. The Kier molecular flexibility index (Phi) is 4.66. The van der Waals surface area contributed by atoms with E-state index in [0.717, 1.165) is 5.69 Å². The molecule has 1 aliphatic heterocycles. The van der Waals surface area contributed by atoms with E-state index in [0.29, 0.717) is 17.0 Å². The minimum Gasteiger partial charge on any atom is -0.478 e. The molecule has 0 amide bonds. The van der Waals surface area contributed by atoms with Gasteiger partial charge in [0, 0.05) is 28.9 Å². The molecule has 1 N–H and O–H groups in total. The summed E-state index contributed by atoms with van der Waals surface area (Å²) in [6, 6.07) is 21.8. The van der Waals surface area contributed by atoms with Crippen molar-refractivity contribution in [3.05, 3.63) is 106 Å². The van der Waals surface area contributed by atoms with E-state index < -0.39 is 17.1 Å². The summed E-state index contributed by atoms with van der Waals surface area (Å²) in [7, 11) is 0. The molecule has 1 heterocycles. The second-order valence-electron chi connectivity index (χ2n) is 6.31. The molecule has 3 aromatic rings. The molecule has 0 spiro atoms. The Morgan fingerprint density at radius 3 is 2.41 bits per heavy atom. The topological polar surface area (TPSA) is 105 Å². The molecule has 3 aromatic carbocycles. The van der Waals surface area contributed by atoms with Crippen LogP contribution in [0, 0.1) is 10.1 Å². The molecule has 0 fully saturated rings. The number of benzene rings is 3. The summed E-state index contributed by atoms with van der Waals surface area (Å²) < 4.78 is 0. The number of nitro groups is 1. The number of carbonyl (C=O) groups is 1. The van der Waals surface area contributed by atoms with Gasteiger partial charge in [0.25, 0.3) is 5.69 Å². The zero-order valence-corrected chi connectivity index (χ0v) is 15.0. The van der Waals surface area contributed by atoms with Crippen LogP contribution in [0.15, 0.2) is 84.0 Å². The Balaban J connectivity index is 1.76. The minimum absolute atomic E-state index is 0.0432. The second kappa shape index (κ2) is 7.43. The van der Waals surface area contributed by atoms with Gasteiger partial charge in [0.05, 0.1) is 10.5 Å². The van der Waals surface area contributed by atoms with Crippen LogP contribution in [0.5, 0.6) is 0 Å². The largest absolute Gasteiger partial charge is 0.478 e. The summed E-state index contributed by atoms with van der Waals surface area (Å²) in [5, 5.41) is 24.5. The van der Waals surface area contributed by atoms with Gasteiger partial charge in [-0.3, -0.25) is 15.0 Å². The molecule has 0 bridgehead atoms. The van der Waals surface area contributed by atoms with Crippen LogP contribution < -0.4 is 4.90 Å². The van der Waals surface area contributed by atoms with Gasteiger partial charge in [0.1, 0.15) is 0 Å². The van der Waals surface area contributed by atoms with Crippen molar-refractivity contribution in [3.8, 4) is 0 Å². The number of hydrogen-bond acceptors (Lipinski definition) is 6. The van der Waals surface area contributed by atoms with Crippen molar-refractivity contribution in [2.75, 3.05) is 4.90 Å². The average Bonchev–Trinajstić information content (AvgIpc) is 3.19. The highest BCUT2D eigenvalue weighted by molar-refractivity contribution is 6.11. The van der Waals surface area contributed by atoms with E-state index in [9.17, 15) is 14.9 Å². The van der Waals surface area contributed by atoms with E-state index in [1.165, 1.54) is 24.3 Å². The van der Waals surface area contributed by atoms with E-state index in [1.807, 2.05) is 35.2 Å². The molecule has 1 aliphatic rings. The van der Waals surface area contributed by atoms with Gasteiger partial charge < -0.3 is 9.94 Å². The predicted octanol–water partition coefficient (Wildman–Crippen LogP) is 4.19. The van der Waals surface area contributed by atoms with Gasteiger partial charge in [0.2, 0.25) is 6.23 Å². The number of nitro benzene ring substituents is 1. The molecule has 1 atom stereocenters. The Morgan fingerprint density at radius 1 is 1.03 bits per heavy atom. The maximum atomic E-state index is 11.2. The highest BCUT2D eigenvalue weighted by Gasteiger charge is 2.34. The van der Waals surface area contributed by atoms with Crippen molar-refractivity contribution < 1.29 is 19.7 Å². The minimum atomic E-state index is -1.02. The van der Waals surface area contributed by atoms with Crippen molar-refractivity contribution >= 4 is 23.2 Å². The number of oxime groups is 1. The van der Waals surface area contributed by atoms with Gasteiger partial charge in [-0.15, -0.1) is 0 Å². The van der Waals surface area contributed by atoms with Crippen molar-refractivity contribution in [3.63, 3.8) is 0 Å². The van der Waals surface area contributed by atoms with Crippen LogP contribution in [0.4, 0.5) is 11.4 Å². The first-order valence-electron chi connectivity index (χ1n) is 8.71. The average molecular weight is 389 g/mol. The molecule has 1 unspecified atom stereocenters. The molecule has 0 radical (unpaired) electrons. The Morgan fingerprint density at radius 2 is 1.76 bits per heavy atom. The number of para-hydroxylation sites is 1. The standard InChI is InChI=1S/C21H15N3O5/c25-21(26)15-11-9-14(10-12-15)19-22-29-20(23(19)17-6-2-1-3-7-17)16-5-4-8-18(13-16)24(27)28/h1-13,20H,(H,25,26). The van der Waals surface area contributed by atoms with Crippen LogP contribution >= 0.6 is 0 Å². The Hall–Kier alpha value is -4.20. The van der Waals surface area contributed by atoms with Crippen LogP contribution in [-0.4, -0.2) is 21.8 Å². The van der Waals surface area contributed by atoms with Crippen LogP contribution in [-0.2, 0) is 4.84 Å². The lowest BCUT2D eigenvalue weighted by Crippen LogP contribution is -2.31. The van der Waals surface area contributed by atoms with Crippen molar-refractivity contribution in [1.29, 1.82) is 0 Å². The van der Waals surface area contributed by atoms with Gasteiger partial charge in [-0.1, -0.05) is 47.6 Å². The second-order valence-corrected chi connectivity index (χ2v) is 6.31. The molecular formula is C21H15N3O5. The molecule has 8 heteroatoms. The normalized spacial score (nSPS) is 15.5. The molecule has 0 aromatic heterocycles. The Labute approximate surface area is 165 Å². The van der Waals surface area contributed by atoms with Crippen molar-refractivity contribution in [2.24, 2.45) is 5.16 Å². The van der Waals surface area contributed by atoms with Crippen LogP contribution in [0.3, 0.4) is 0 Å². The lowest BCUT2D eigenvalue weighted by molar-refractivity contribution is -0.385. The van der Waals surface area contributed by atoms with Gasteiger partial charge in [-0.25, -0.2) is 4.79 Å². The molecule has 0 saturated heterocycles. The third kappa shape index (κ3) is 3.51. The van der Waals surface area contributed by atoms with E-state index in [-0.39, 0.29) is 11.3 Å². The quantitative estimate of drug-likeness (QED) is 0.518. The summed E-state index contributed by atoms with van der Waals surface area (Å²) in [4.78, 5) is 29.3. The number of anilines is 1. The number of amidine groups is 1. The van der Waals surface area contributed by atoms with Gasteiger partial charge in [0.15, 0.2) is 5.84 Å². The zero-order valence-electron chi connectivity index (χ0n) is 15.0. The highest BCUT2D eigenvalue weighted by atomic mass is 16.7. The molecule has 29 heavy (non-hydrogen) atoms. The van der Waals surface area contributed by atoms with Crippen LogP contribution in [0.1, 0.15) is 27.7 Å². The predicted molar refractivity (Wildman–Crippen MR) is 106 cm³/mol. The number of carboxylic acid groups (broad SMARTS) is 1. The van der Waals surface area contributed by atoms with Crippen LogP contribution in [0.25, 0.3) is 0 Å². The number of aromatic carboxylic acids is 1. The number of non-ortho nitro benzene ring substituents is 1.